The predicted molar refractivity (Wildman–Crippen MR) is 65.0 cm³/mol. The largest absolute Gasteiger partial charge is 0.394 e. The Morgan fingerprint density at radius 2 is 2.26 bits per heavy atom. The molecule has 2 rings (SSSR count). The van der Waals surface area contributed by atoms with E-state index in [-0.39, 0.29) is 24.9 Å². The summed E-state index contributed by atoms with van der Waals surface area (Å²) in [5.41, 5.74) is -1.43. The number of amides is 1. The second kappa shape index (κ2) is 5.37. The first-order valence-corrected chi connectivity index (χ1v) is 5.88. The number of carbonyl (C=O) groups is 1. The lowest BCUT2D eigenvalue weighted by Gasteiger charge is -2.37. The molecule has 1 saturated heterocycles. The van der Waals surface area contributed by atoms with Crippen molar-refractivity contribution in [1.29, 1.82) is 0 Å². The van der Waals surface area contributed by atoms with Gasteiger partial charge in [-0.05, 0) is 6.92 Å². The number of carbonyl (C=O) groups excluding carboxylic acids is 1. The van der Waals surface area contributed by atoms with Gasteiger partial charge in [-0.25, -0.2) is 4.79 Å². The molecule has 0 spiro atoms. The first-order chi connectivity index (χ1) is 9.01. The van der Waals surface area contributed by atoms with Crippen LogP contribution in [-0.4, -0.2) is 57.8 Å². The van der Waals surface area contributed by atoms with Crippen LogP contribution in [0.5, 0.6) is 0 Å². The summed E-state index contributed by atoms with van der Waals surface area (Å²) in [6.07, 6.45) is -0.450. The zero-order chi connectivity index (χ0) is 14.0. The number of aromatic amines is 2. The van der Waals surface area contributed by atoms with Crippen molar-refractivity contribution in [3.63, 3.8) is 0 Å². The van der Waals surface area contributed by atoms with Crippen LogP contribution in [0.3, 0.4) is 0 Å². The van der Waals surface area contributed by atoms with Crippen molar-refractivity contribution in [3.8, 4) is 0 Å². The molecular formula is C11H15N3O5. The van der Waals surface area contributed by atoms with Crippen LogP contribution in [-0.2, 0) is 4.74 Å². The van der Waals surface area contributed by atoms with Crippen LogP contribution < -0.4 is 11.2 Å². The quantitative estimate of drug-likeness (QED) is 0.591. The Morgan fingerprint density at radius 1 is 1.53 bits per heavy atom. The molecule has 1 aromatic heterocycles. The summed E-state index contributed by atoms with van der Waals surface area (Å²) in [4.78, 5) is 40.3. The van der Waals surface area contributed by atoms with Crippen LogP contribution in [0, 0.1) is 0 Å². The van der Waals surface area contributed by atoms with Gasteiger partial charge in [-0.3, -0.25) is 14.6 Å². The third-order valence-electron chi connectivity index (χ3n) is 2.96. The highest BCUT2D eigenvalue weighted by atomic mass is 16.5. The molecule has 1 fully saturated rings. The SMILES string of the molecule is CC1COC(CO)CN1C(=O)c1cc(=O)[nH]c(=O)[nH]1. The van der Waals surface area contributed by atoms with Gasteiger partial charge in [0.1, 0.15) is 5.69 Å². The maximum atomic E-state index is 12.2. The van der Waals surface area contributed by atoms with E-state index in [0.717, 1.165) is 6.07 Å². The second-order valence-corrected chi connectivity index (χ2v) is 4.45. The van der Waals surface area contributed by atoms with Gasteiger partial charge in [-0.1, -0.05) is 0 Å². The molecule has 1 aliphatic heterocycles. The predicted octanol–water partition coefficient (Wildman–Crippen LogP) is -1.71. The van der Waals surface area contributed by atoms with Crippen molar-refractivity contribution in [2.75, 3.05) is 19.8 Å². The first-order valence-electron chi connectivity index (χ1n) is 5.88. The molecule has 1 amide bonds. The monoisotopic (exact) mass is 269 g/mol. The van der Waals surface area contributed by atoms with Crippen molar-refractivity contribution in [3.05, 3.63) is 32.6 Å². The topological polar surface area (TPSA) is 115 Å². The zero-order valence-corrected chi connectivity index (χ0v) is 10.4. The fourth-order valence-electron chi connectivity index (χ4n) is 1.95. The Hall–Kier alpha value is -1.93. The Bertz CT molecular complexity index is 550. The molecule has 2 atom stereocenters. The van der Waals surface area contributed by atoms with Gasteiger partial charge in [0.2, 0.25) is 0 Å². The maximum Gasteiger partial charge on any atom is 0.326 e. The lowest BCUT2D eigenvalue weighted by Crippen LogP contribution is -2.52. The molecule has 1 aliphatic rings. The summed E-state index contributed by atoms with van der Waals surface area (Å²) in [5, 5.41) is 9.06. The smallest absolute Gasteiger partial charge is 0.326 e. The van der Waals surface area contributed by atoms with E-state index < -0.39 is 23.3 Å². The average Bonchev–Trinajstić information content (AvgIpc) is 2.37. The molecule has 0 aromatic carbocycles. The molecule has 2 heterocycles. The van der Waals surface area contributed by atoms with E-state index in [9.17, 15) is 14.4 Å². The molecular weight excluding hydrogens is 254 g/mol. The summed E-state index contributed by atoms with van der Waals surface area (Å²) in [6, 6.07) is 0.845. The van der Waals surface area contributed by atoms with Gasteiger partial charge >= 0.3 is 5.69 Å². The van der Waals surface area contributed by atoms with Crippen molar-refractivity contribution in [2.45, 2.75) is 19.1 Å². The third-order valence-corrected chi connectivity index (χ3v) is 2.96. The molecule has 8 heteroatoms. The fraction of sp³-hybridized carbons (Fsp3) is 0.545. The molecule has 104 valence electrons. The van der Waals surface area contributed by atoms with Gasteiger partial charge in [0, 0.05) is 12.6 Å². The van der Waals surface area contributed by atoms with Crippen LogP contribution in [0.15, 0.2) is 15.7 Å². The second-order valence-electron chi connectivity index (χ2n) is 4.45. The van der Waals surface area contributed by atoms with Crippen molar-refractivity contribution >= 4 is 5.91 Å². The maximum absolute atomic E-state index is 12.2. The molecule has 0 bridgehead atoms. The van der Waals surface area contributed by atoms with Crippen LogP contribution in [0.1, 0.15) is 17.4 Å². The summed E-state index contributed by atoms with van der Waals surface area (Å²) in [7, 11) is 0. The summed E-state index contributed by atoms with van der Waals surface area (Å²) in [5.74, 6) is -0.461. The Morgan fingerprint density at radius 3 is 2.89 bits per heavy atom. The van der Waals surface area contributed by atoms with E-state index in [2.05, 4.69) is 4.98 Å². The van der Waals surface area contributed by atoms with Crippen LogP contribution in [0.4, 0.5) is 0 Å². The standard InChI is InChI=1S/C11H15N3O5/c1-6-5-19-7(4-15)3-14(6)10(17)8-2-9(16)13-11(18)12-8/h2,6-7,15H,3-5H2,1H3,(H2,12,13,16,18). The van der Waals surface area contributed by atoms with Crippen molar-refractivity contribution < 1.29 is 14.6 Å². The van der Waals surface area contributed by atoms with E-state index in [1.165, 1.54) is 4.90 Å². The Kier molecular flexibility index (Phi) is 3.82. The number of aromatic nitrogens is 2. The minimum atomic E-state index is -0.726. The summed E-state index contributed by atoms with van der Waals surface area (Å²) >= 11 is 0. The highest BCUT2D eigenvalue weighted by Gasteiger charge is 2.30. The van der Waals surface area contributed by atoms with E-state index in [4.69, 9.17) is 9.84 Å². The highest BCUT2D eigenvalue weighted by molar-refractivity contribution is 5.92. The number of nitrogens with zero attached hydrogens (tertiary/aromatic N) is 1. The molecule has 0 aliphatic carbocycles. The lowest BCUT2D eigenvalue weighted by molar-refractivity contribution is -0.0668. The van der Waals surface area contributed by atoms with Gasteiger partial charge in [0.15, 0.2) is 0 Å². The molecule has 2 unspecified atom stereocenters. The molecule has 0 saturated carbocycles. The fourth-order valence-corrected chi connectivity index (χ4v) is 1.95. The van der Waals surface area contributed by atoms with Gasteiger partial charge in [-0.15, -0.1) is 0 Å². The minimum Gasteiger partial charge on any atom is -0.394 e. The zero-order valence-electron chi connectivity index (χ0n) is 10.4. The van der Waals surface area contributed by atoms with E-state index in [0.29, 0.717) is 6.61 Å². The number of nitrogens with one attached hydrogen (secondary N) is 2. The Balaban J connectivity index is 2.26. The number of ether oxygens (including phenoxy) is 1. The number of rotatable bonds is 2. The van der Waals surface area contributed by atoms with Crippen LogP contribution >= 0.6 is 0 Å². The molecule has 19 heavy (non-hydrogen) atoms. The van der Waals surface area contributed by atoms with E-state index in [1.54, 1.807) is 6.92 Å². The van der Waals surface area contributed by atoms with Crippen molar-refractivity contribution in [2.24, 2.45) is 0 Å². The molecule has 3 N–H and O–H groups in total. The summed E-state index contributed by atoms with van der Waals surface area (Å²) < 4.78 is 5.32. The van der Waals surface area contributed by atoms with Gasteiger partial charge in [0.05, 0.1) is 25.4 Å². The van der Waals surface area contributed by atoms with E-state index in [1.807, 2.05) is 4.98 Å². The van der Waals surface area contributed by atoms with E-state index >= 15 is 0 Å². The van der Waals surface area contributed by atoms with Crippen LogP contribution in [0.2, 0.25) is 0 Å². The van der Waals surface area contributed by atoms with Gasteiger partial charge in [0.25, 0.3) is 11.5 Å². The Labute approximate surface area is 108 Å². The van der Waals surface area contributed by atoms with Crippen molar-refractivity contribution in [1.82, 2.24) is 14.9 Å². The average molecular weight is 269 g/mol. The lowest BCUT2D eigenvalue weighted by atomic mass is 10.2. The number of hydrogen-bond donors (Lipinski definition) is 3. The minimum absolute atomic E-state index is 0.0702. The van der Waals surface area contributed by atoms with Crippen LogP contribution in [0.25, 0.3) is 0 Å². The normalized spacial score (nSPS) is 23.4. The molecule has 0 radical (unpaired) electrons. The first kappa shape index (κ1) is 13.5. The molecule has 8 nitrogen and oxygen atoms in total. The number of H-pyrrole nitrogens is 2. The van der Waals surface area contributed by atoms with Gasteiger partial charge < -0.3 is 19.7 Å². The molecule has 1 aromatic rings. The third kappa shape index (κ3) is 2.91. The highest BCUT2D eigenvalue weighted by Crippen LogP contribution is 2.13. The number of hydrogen-bond acceptors (Lipinski definition) is 5. The number of aliphatic hydroxyl groups is 1. The number of aliphatic hydroxyl groups excluding tert-OH is 1. The number of morpholine rings is 1. The van der Waals surface area contributed by atoms with Gasteiger partial charge in [-0.2, -0.15) is 0 Å². The summed E-state index contributed by atoms with van der Waals surface area (Å²) in [6.45, 7) is 2.11.